The van der Waals surface area contributed by atoms with Crippen molar-refractivity contribution in [1.82, 2.24) is 4.90 Å². The molecule has 0 aliphatic carbocycles. The Morgan fingerprint density at radius 1 is 0.900 bits per heavy atom. The van der Waals surface area contributed by atoms with Crippen molar-refractivity contribution in [3.8, 4) is 0 Å². The van der Waals surface area contributed by atoms with E-state index in [2.05, 4.69) is 5.32 Å². The van der Waals surface area contributed by atoms with Crippen LogP contribution in [0.25, 0.3) is 5.57 Å². The van der Waals surface area contributed by atoms with Crippen LogP contribution in [-0.2, 0) is 14.4 Å². The normalized spacial score (nSPS) is 17.0. The molecule has 2 aromatic rings. The number of hydrogen-bond donors (Lipinski definition) is 1. The molecule has 30 heavy (non-hydrogen) atoms. The second-order valence-corrected chi connectivity index (χ2v) is 7.89. The molecule has 7 heteroatoms. The molecule has 2 aromatic carbocycles. The number of piperidine rings is 1. The second-order valence-electron chi connectivity index (χ2n) is 7.45. The number of hydrogen-bond acceptors (Lipinski definition) is 4. The summed E-state index contributed by atoms with van der Waals surface area (Å²) < 4.78 is 0. The molecule has 0 saturated carbocycles. The van der Waals surface area contributed by atoms with Crippen LogP contribution < -0.4 is 10.2 Å². The molecule has 154 valence electrons. The first-order valence-corrected chi connectivity index (χ1v) is 10.3. The molecular weight excluding hydrogens is 402 g/mol. The number of halogens is 1. The fourth-order valence-corrected chi connectivity index (χ4v) is 4.06. The highest BCUT2D eigenvalue weighted by atomic mass is 35.5. The molecule has 2 heterocycles. The maximum Gasteiger partial charge on any atom is 0.282 e. The predicted molar refractivity (Wildman–Crippen MR) is 117 cm³/mol. The van der Waals surface area contributed by atoms with Crippen LogP contribution in [-0.4, -0.2) is 35.7 Å². The van der Waals surface area contributed by atoms with Crippen LogP contribution in [0.4, 0.5) is 11.4 Å². The summed E-state index contributed by atoms with van der Waals surface area (Å²) in [5.74, 6) is -0.836. The molecule has 3 amide bonds. The molecular formula is C23H22ClN3O3. The van der Waals surface area contributed by atoms with Crippen LogP contribution in [0.5, 0.6) is 0 Å². The molecule has 0 unspecified atom stereocenters. The predicted octanol–water partition coefficient (Wildman–Crippen LogP) is 4.07. The molecule has 0 radical (unpaired) electrons. The lowest BCUT2D eigenvalue weighted by atomic mass is 10.0. The van der Waals surface area contributed by atoms with Gasteiger partial charge < -0.3 is 10.2 Å². The van der Waals surface area contributed by atoms with Crippen molar-refractivity contribution in [2.24, 2.45) is 0 Å². The highest BCUT2D eigenvalue weighted by Crippen LogP contribution is 2.36. The van der Waals surface area contributed by atoms with Gasteiger partial charge in [0.1, 0.15) is 5.70 Å². The summed E-state index contributed by atoms with van der Waals surface area (Å²) in [6.45, 7) is 2.93. The minimum absolute atomic E-state index is 0.169. The molecule has 0 bridgehead atoms. The zero-order valence-electron chi connectivity index (χ0n) is 16.7. The van der Waals surface area contributed by atoms with Gasteiger partial charge in [0.25, 0.3) is 11.8 Å². The standard InChI is InChI=1S/C23H22ClN3O3/c1-15(28)25-18-9-5-16(6-10-18)20-21(26-13-3-2-4-14-26)23(30)27(22(20)29)19-11-7-17(24)8-12-19/h5-12H,2-4,13-14H2,1H3,(H,25,28). The van der Waals surface area contributed by atoms with Crippen molar-refractivity contribution in [3.63, 3.8) is 0 Å². The Hall–Kier alpha value is -3.12. The highest BCUT2D eigenvalue weighted by Gasteiger charge is 2.42. The summed E-state index contributed by atoms with van der Waals surface area (Å²) in [5.41, 5.74) is 2.62. The number of rotatable bonds is 4. The van der Waals surface area contributed by atoms with E-state index in [1.807, 2.05) is 4.90 Å². The fourth-order valence-electron chi connectivity index (χ4n) is 3.94. The van der Waals surface area contributed by atoms with Crippen molar-refractivity contribution in [1.29, 1.82) is 0 Å². The lowest BCUT2D eigenvalue weighted by Gasteiger charge is -2.29. The van der Waals surface area contributed by atoms with Gasteiger partial charge in [-0.05, 0) is 61.2 Å². The molecule has 2 aliphatic heterocycles. The third-order valence-electron chi connectivity index (χ3n) is 5.31. The number of nitrogens with zero attached hydrogens (tertiary/aromatic N) is 2. The minimum Gasteiger partial charge on any atom is -0.366 e. The summed E-state index contributed by atoms with van der Waals surface area (Å²) in [7, 11) is 0. The molecule has 4 rings (SSSR count). The smallest absolute Gasteiger partial charge is 0.282 e. The zero-order chi connectivity index (χ0) is 21.3. The van der Waals surface area contributed by atoms with E-state index in [4.69, 9.17) is 11.6 Å². The van der Waals surface area contributed by atoms with Gasteiger partial charge in [-0.25, -0.2) is 4.90 Å². The molecule has 1 fully saturated rings. The molecule has 2 aliphatic rings. The molecule has 0 atom stereocenters. The zero-order valence-corrected chi connectivity index (χ0v) is 17.4. The summed E-state index contributed by atoms with van der Waals surface area (Å²) >= 11 is 5.98. The summed E-state index contributed by atoms with van der Waals surface area (Å²) in [6, 6.07) is 13.7. The van der Waals surface area contributed by atoms with Crippen LogP contribution in [0.2, 0.25) is 5.02 Å². The number of benzene rings is 2. The van der Waals surface area contributed by atoms with Crippen LogP contribution >= 0.6 is 11.6 Å². The van der Waals surface area contributed by atoms with Gasteiger partial charge in [0, 0.05) is 30.7 Å². The van der Waals surface area contributed by atoms with Crippen molar-refractivity contribution >= 4 is 46.3 Å². The summed E-state index contributed by atoms with van der Waals surface area (Å²) in [6.07, 6.45) is 3.09. The molecule has 1 N–H and O–H groups in total. The average Bonchev–Trinajstić information content (AvgIpc) is 3.00. The van der Waals surface area contributed by atoms with Gasteiger partial charge in [0.15, 0.2) is 0 Å². The van der Waals surface area contributed by atoms with Crippen molar-refractivity contribution in [2.75, 3.05) is 23.3 Å². The van der Waals surface area contributed by atoms with Crippen molar-refractivity contribution < 1.29 is 14.4 Å². The average molecular weight is 424 g/mol. The molecule has 0 spiro atoms. The molecule has 1 saturated heterocycles. The number of anilines is 2. The SMILES string of the molecule is CC(=O)Nc1ccc(C2=C(N3CCCCC3)C(=O)N(c3ccc(Cl)cc3)C2=O)cc1. The number of carbonyl (C=O) groups excluding carboxylic acids is 3. The van der Waals surface area contributed by atoms with Crippen molar-refractivity contribution in [2.45, 2.75) is 26.2 Å². The highest BCUT2D eigenvalue weighted by molar-refractivity contribution is 6.45. The van der Waals surface area contributed by atoms with Gasteiger partial charge in [-0.3, -0.25) is 14.4 Å². The first-order valence-electron chi connectivity index (χ1n) is 9.97. The van der Waals surface area contributed by atoms with E-state index in [0.717, 1.165) is 32.4 Å². The number of likely N-dealkylation sites (tertiary alicyclic amines) is 1. The van der Waals surface area contributed by atoms with Gasteiger partial charge >= 0.3 is 0 Å². The Morgan fingerprint density at radius 3 is 2.13 bits per heavy atom. The van der Waals surface area contributed by atoms with Gasteiger partial charge in [-0.15, -0.1) is 0 Å². The van der Waals surface area contributed by atoms with E-state index in [1.54, 1.807) is 48.5 Å². The monoisotopic (exact) mass is 423 g/mol. The third-order valence-corrected chi connectivity index (χ3v) is 5.56. The maximum atomic E-state index is 13.4. The van der Waals surface area contributed by atoms with Gasteiger partial charge in [0.2, 0.25) is 5.91 Å². The number of amides is 3. The number of imide groups is 1. The Kier molecular flexibility index (Phi) is 5.59. The lowest BCUT2D eigenvalue weighted by molar-refractivity contribution is -0.121. The number of carbonyl (C=O) groups is 3. The van der Waals surface area contributed by atoms with E-state index >= 15 is 0 Å². The fraction of sp³-hybridized carbons (Fsp3) is 0.261. The van der Waals surface area contributed by atoms with Gasteiger partial charge in [-0.2, -0.15) is 0 Å². The Labute approximate surface area is 180 Å². The second kappa shape index (κ2) is 8.32. The molecule has 6 nitrogen and oxygen atoms in total. The summed E-state index contributed by atoms with van der Waals surface area (Å²) in [4.78, 5) is 41.4. The first kappa shape index (κ1) is 20.2. The number of nitrogens with one attached hydrogen (secondary N) is 1. The van der Waals surface area contributed by atoms with Crippen LogP contribution in [0.3, 0.4) is 0 Å². The Balaban J connectivity index is 1.76. The third kappa shape index (κ3) is 3.83. The van der Waals surface area contributed by atoms with Gasteiger partial charge in [0.05, 0.1) is 11.3 Å². The quantitative estimate of drug-likeness (QED) is 0.752. The van der Waals surface area contributed by atoms with E-state index in [0.29, 0.717) is 33.2 Å². The maximum absolute atomic E-state index is 13.4. The first-order chi connectivity index (χ1) is 14.5. The molecule has 0 aromatic heterocycles. The minimum atomic E-state index is -0.352. The van der Waals surface area contributed by atoms with Crippen LogP contribution in [0, 0.1) is 0 Å². The summed E-state index contributed by atoms with van der Waals surface area (Å²) in [5, 5.41) is 3.25. The van der Waals surface area contributed by atoms with Crippen LogP contribution in [0.15, 0.2) is 54.2 Å². The van der Waals surface area contributed by atoms with E-state index in [1.165, 1.54) is 11.8 Å². The Morgan fingerprint density at radius 2 is 1.53 bits per heavy atom. The van der Waals surface area contributed by atoms with E-state index < -0.39 is 0 Å². The van der Waals surface area contributed by atoms with Crippen molar-refractivity contribution in [3.05, 3.63) is 64.8 Å². The Bertz CT molecular complexity index is 1020. The van der Waals surface area contributed by atoms with E-state index in [9.17, 15) is 14.4 Å². The lowest BCUT2D eigenvalue weighted by Crippen LogP contribution is -2.37. The van der Waals surface area contributed by atoms with E-state index in [-0.39, 0.29) is 17.7 Å². The largest absolute Gasteiger partial charge is 0.366 e. The topological polar surface area (TPSA) is 69.7 Å². The van der Waals surface area contributed by atoms with Crippen LogP contribution in [0.1, 0.15) is 31.7 Å². The van der Waals surface area contributed by atoms with Gasteiger partial charge in [-0.1, -0.05) is 23.7 Å².